The van der Waals surface area contributed by atoms with E-state index in [2.05, 4.69) is 15.3 Å². The third-order valence-corrected chi connectivity index (χ3v) is 3.17. The number of hydrogen-bond donors (Lipinski definition) is 1. The molecule has 0 spiro atoms. The van der Waals surface area contributed by atoms with Crippen LogP contribution in [0.1, 0.15) is 42.6 Å². The molecule has 1 N–H and O–H groups in total. The summed E-state index contributed by atoms with van der Waals surface area (Å²) in [5.41, 5.74) is 1.36. The zero-order chi connectivity index (χ0) is 17.0. The molecule has 122 valence electrons. The molecular formula is C18H24N4O. The summed E-state index contributed by atoms with van der Waals surface area (Å²) in [6.07, 6.45) is 0. The van der Waals surface area contributed by atoms with E-state index in [1.807, 2.05) is 51.1 Å². The minimum absolute atomic E-state index is 0.115. The average Bonchev–Trinajstić information content (AvgIpc) is 2.45. The Morgan fingerprint density at radius 2 is 1.83 bits per heavy atom. The summed E-state index contributed by atoms with van der Waals surface area (Å²) in [6, 6.07) is 11.6. The van der Waals surface area contributed by atoms with Gasteiger partial charge >= 0.3 is 0 Å². The quantitative estimate of drug-likeness (QED) is 0.941. The first kappa shape index (κ1) is 16.9. The molecule has 23 heavy (non-hydrogen) atoms. The second kappa shape index (κ2) is 6.77. The van der Waals surface area contributed by atoms with Crippen molar-refractivity contribution in [3.63, 3.8) is 0 Å². The lowest BCUT2D eigenvalue weighted by molar-refractivity contribution is 0.0779. The smallest absolute Gasteiger partial charge is 0.272 e. The lowest BCUT2D eigenvalue weighted by atomic mass is 10.1. The standard InChI is InChI=1S/C18H24N4O/c1-13-19-15(11-16(20-13)21-18(2,3)4)17(23)22(5)12-14-9-7-6-8-10-14/h6-11H,12H2,1-5H3,(H,19,20,21). The molecule has 0 unspecified atom stereocenters. The molecule has 0 aliphatic rings. The average molecular weight is 312 g/mol. The van der Waals surface area contributed by atoms with Gasteiger partial charge in [-0.05, 0) is 33.3 Å². The van der Waals surface area contributed by atoms with E-state index in [0.29, 0.717) is 23.9 Å². The Balaban J connectivity index is 2.18. The van der Waals surface area contributed by atoms with Crippen molar-refractivity contribution < 1.29 is 4.79 Å². The van der Waals surface area contributed by atoms with Gasteiger partial charge in [-0.2, -0.15) is 0 Å². The van der Waals surface area contributed by atoms with Crippen LogP contribution in [0.5, 0.6) is 0 Å². The van der Waals surface area contributed by atoms with Crippen molar-refractivity contribution in [1.29, 1.82) is 0 Å². The van der Waals surface area contributed by atoms with Gasteiger partial charge in [0.15, 0.2) is 0 Å². The summed E-state index contributed by atoms with van der Waals surface area (Å²) in [5.74, 6) is 1.13. The van der Waals surface area contributed by atoms with Crippen molar-refractivity contribution in [3.8, 4) is 0 Å². The van der Waals surface area contributed by atoms with Crippen LogP contribution in [0, 0.1) is 6.92 Å². The van der Waals surface area contributed by atoms with E-state index >= 15 is 0 Å². The molecule has 5 nitrogen and oxygen atoms in total. The normalized spacial score (nSPS) is 11.2. The van der Waals surface area contributed by atoms with Crippen LogP contribution in [0.3, 0.4) is 0 Å². The van der Waals surface area contributed by atoms with Crippen molar-refractivity contribution in [2.45, 2.75) is 39.8 Å². The number of hydrogen-bond acceptors (Lipinski definition) is 4. The van der Waals surface area contributed by atoms with Crippen molar-refractivity contribution in [1.82, 2.24) is 14.9 Å². The van der Waals surface area contributed by atoms with Crippen LogP contribution in [0.25, 0.3) is 0 Å². The fourth-order valence-corrected chi connectivity index (χ4v) is 2.25. The van der Waals surface area contributed by atoms with Crippen LogP contribution in [-0.4, -0.2) is 33.4 Å². The Morgan fingerprint density at radius 3 is 2.43 bits per heavy atom. The molecule has 0 radical (unpaired) electrons. The number of aromatic nitrogens is 2. The van der Waals surface area contributed by atoms with Gasteiger partial charge in [-0.25, -0.2) is 9.97 Å². The lowest BCUT2D eigenvalue weighted by Gasteiger charge is -2.22. The highest BCUT2D eigenvalue weighted by molar-refractivity contribution is 5.92. The van der Waals surface area contributed by atoms with Gasteiger partial charge < -0.3 is 10.2 Å². The molecule has 0 aliphatic heterocycles. The Kier molecular flexibility index (Phi) is 4.98. The topological polar surface area (TPSA) is 58.1 Å². The van der Waals surface area contributed by atoms with Gasteiger partial charge in [0, 0.05) is 25.2 Å². The van der Waals surface area contributed by atoms with Crippen LogP contribution in [0.4, 0.5) is 5.82 Å². The van der Waals surface area contributed by atoms with Gasteiger partial charge in [0.05, 0.1) is 0 Å². The van der Waals surface area contributed by atoms with E-state index < -0.39 is 0 Å². The SMILES string of the molecule is Cc1nc(NC(C)(C)C)cc(C(=O)N(C)Cc2ccccc2)n1. The molecule has 0 fully saturated rings. The summed E-state index contributed by atoms with van der Waals surface area (Å²) >= 11 is 0. The maximum absolute atomic E-state index is 12.6. The van der Waals surface area contributed by atoms with E-state index in [-0.39, 0.29) is 11.4 Å². The number of nitrogens with one attached hydrogen (secondary N) is 1. The summed E-state index contributed by atoms with van der Waals surface area (Å²) < 4.78 is 0. The number of carbonyl (C=O) groups is 1. The molecule has 0 aliphatic carbocycles. The minimum atomic E-state index is -0.128. The Labute approximate surface area is 137 Å². The zero-order valence-corrected chi connectivity index (χ0v) is 14.4. The van der Waals surface area contributed by atoms with Crippen molar-refractivity contribution in [2.75, 3.05) is 12.4 Å². The first-order chi connectivity index (χ1) is 10.7. The van der Waals surface area contributed by atoms with Gasteiger partial charge in [0.1, 0.15) is 17.3 Å². The van der Waals surface area contributed by atoms with Crippen LogP contribution in [0.15, 0.2) is 36.4 Å². The molecule has 1 heterocycles. The minimum Gasteiger partial charge on any atom is -0.365 e. The fourth-order valence-electron chi connectivity index (χ4n) is 2.25. The number of nitrogens with zero attached hydrogens (tertiary/aromatic N) is 3. The Hall–Kier alpha value is -2.43. The highest BCUT2D eigenvalue weighted by Crippen LogP contribution is 2.15. The summed E-state index contributed by atoms with van der Waals surface area (Å²) in [5, 5.41) is 3.28. The highest BCUT2D eigenvalue weighted by Gasteiger charge is 2.17. The molecule has 0 atom stereocenters. The zero-order valence-electron chi connectivity index (χ0n) is 14.4. The van der Waals surface area contributed by atoms with Gasteiger partial charge in [0.25, 0.3) is 5.91 Å². The summed E-state index contributed by atoms with van der Waals surface area (Å²) in [4.78, 5) is 22.9. The van der Waals surface area contributed by atoms with Crippen LogP contribution < -0.4 is 5.32 Å². The predicted molar refractivity (Wildman–Crippen MR) is 92.4 cm³/mol. The first-order valence-corrected chi connectivity index (χ1v) is 7.68. The number of rotatable bonds is 4. The lowest BCUT2D eigenvalue weighted by Crippen LogP contribution is -2.29. The molecular weight excluding hydrogens is 288 g/mol. The Morgan fingerprint density at radius 1 is 1.17 bits per heavy atom. The van der Waals surface area contributed by atoms with E-state index in [4.69, 9.17) is 0 Å². The molecule has 2 rings (SSSR count). The predicted octanol–water partition coefficient (Wildman–Crippen LogP) is 3.27. The van der Waals surface area contributed by atoms with E-state index in [0.717, 1.165) is 5.56 Å². The number of amides is 1. The molecule has 1 amide bonds. The van der Waals surface area contributed by atoms with Crippen molar-refractivity contribution >= 4 is 11.7 Å². The van der Waals surface area contributed by atoms with Gasteiger partial charge in [-0.3, -0.25) is 4.79 Å². The van der Waals surface area contributed by atoms with Crippen LogP contribution >= 0.6 is 0 Å². The molecule has 2 aromatic rings. The third kappa shape index (κ3) is 5.06. The number of benzene rings is 1. The van der Waals surface area contributed by atoms with Crippen LogP contribution in [-0.2, 0) is 6.54 Å². The molecule has 0 bridgehead atoms. The molecule has 0 saturated carbocycles. The summed E-state index contributed by atoms with van der Waals surface area (Å²) in [7, 11) is 1.78. The number of anilines is 1. The van der Waals surface area contributed by atoms with Crippen LogP contribution in [0.2, 0.25) is 0 Å². The van der Waals surface area contributed by atoms with E-state index in [1.54, 1.807) is 24.9 Å². The fraction of sp³-hybridized carbons (Fsp3) is 0.389. The maximum Gasteiger partial charge on any atom is 0.272 e. The summed E-state index contributed by atoms with van der Waals surface area (Å²) in [6.45, 7) is 8.49. The van der Waals surface area contributed by atoms with Gasteiger partial charge in [0.2, 0.25) is 0 Å². The van der Waals surface area contributed by atoms with E-state index in [1.165, 1.54) is 0 Å². The molecule has 1 aromatic carbocycles. The monoisotopic (exact) mass is 312 g/mol. The van der Waals surface area contributed by atoms with Crippen molar-refractivity contribution in [2.24, 2.45) is 0 Å². The third-order valence-electron chi connectivity index (χ3n) is 3.17. The number of carbonyl (C=O) groups excluding carboxylic acids is 1. The maximum atomic E-state index is 12.6. The number of aryl methyl sites for hydroxylation is 1. The molecule has 5 heteroatoms. The largest absolute Gasteiger partial charge is 0.365 e. The van der Waals surface area contributed by atoms with Gasteiger partial charge in [-0.15, -0.1) is 0 Å². The van der Waals surface area contributed by atoms with E-state index in [9.17, 15) is 4.79 Å². The first-order valence-electron chi connectivity index (χ1n) is 7.68. The second-order valence-electron chi connectivity index (χ2n) is 6.71. The Bertz CT molecular complexity index is 677. The molecule has 1 aromatic heterocycles. The second-order valence-corrected chi connectivity index (χ2v) is 6.71. The molecule has 0 saturated heterocycles. The van der Waals surface area contributed by atoms with Crippen molar-refractivity contribution in [3.05, 3.63) is 53.5 Å². The van der Waals surface area contributed by atoms with Gasteiger partial charge in [-0.1, -0.05) is 30.3 Å². The highest BCUT2D eigenvalue weighted by atomic mass is 16.2.